The van der Waals surface area contributed by atoms with Gasteiger partial charge >= 0.3 is 0 Å². The summed E-state index contributed by atoms with van der Waals surface area (Å²) in [7, 11) is 0. The Hall–Kier alpha value is -2.05. The van der Waals surface area contributed by atoms with Gasteiger partial charge in [0, 0.05) is 24.7 Å². The number of hydrogen-bond acceptors (Lipinski definition) is 4. The Labute approximate surface area is 149 Å². The molecule has 0 unspecified atom stereocenters. The van der Waals surface area contributed by atoms with Gasteiger partial charge in [0.2, 0.25) is 5.91 Å². The van der Waals surface area contributed by atoms with Crippen LogP contribution in [0.4, 0.5) is 0 Å². The smallest absolute Gasteiger partial charge is 0.230 e. The minimum atomic E-state index is 0.0364. The Kier molecular flexibility index (Phi) is 6.09. The minimum Gasteiger partial charge on any atom is -0.353 e. The molecule has 24 heavy (non-hydrogen) atoms. The molecule has 1 atom stereocenters. The summed E-state index contributed by atoms with van der Waals surface area (Å²) >= 11 is 3.28. The van der Waals surface area contributed by atoms with Crippen LogP contribution < -0.4 is 5.32 Å². The van der Waals surface area contributed by atoms with Gasteiger partial charge in [-0.3, -0.25) is 9.48 Å². The van der Waals surface area contributed by atoms with Crippen molar-refractivity contribution in [2.24, 2.45) is 0 Å². The van der Waals surface area contributed by atoms with E-state index in [1.54, 1.807) is 29.3 Å². The van der Waals surface area contributed by atoms with Crippen molar-refractivity contribution < 1.29 is 4.79 Å². The molecule has 2 heterocycles. The van der Waals surface area contributed by atoms with Crippen LogP contribution in [0.2, 0.25) is 0 Å². The molecular formula is C18H19N3OS2. The second-order valence-electron chi connectivity index (χ2n) is 5.34. The highest BCUT2D eigenvalue weighted by atomic mass is 32.2. The monoisotopic (exact) mass is 357 g/mol. The second-order valence-corrected chi connectivity index (χ2v) is 7.11. The summed E-state index contributed by atoms with van der Waals surface area (Å²) in [5, 5.41) is 11.5. The number of hydrogen-bond donors (Lipinski definition) is 1. The van der Waals surface area contributed by atoms with E-state index in [2.05, 4.69) is 34.0 Å². The Bertz CT molecular complexity index is 693. The van der Waals surface area contributed by atoms with Gasteiger partial charge in [0.15, 0.2) is 0 Å². The lowest BCUT2D eigenvalue weighted by molar-refractivity contribution is -0.118. The summed E-state index contributed by atoms with van der Waals surface area (Å²) < 4.78 is 1.89. The van der Waals surface area contributed by atoms with Gasteiger partial charge in [-0.2, -0.15) is 16.4 Å². The van der Waals surface area contributed by atoms with Crippen LogP contribution in [-0.4, -0.2) is 28.0 Å². The summed E-state index contributed by atoms with van der Waals surface area (Å²) in [5.74, 6) is 1.37. The van der Waals surface area contributed by atoms with Crippen molar-refractivity contribution in [3.63, 3.8) is 0 Å². The summed E-state index contributed by atoms with van der Waals surface area (Å²) in [4.78, 5) is 12.1. The molecule has 0 radical (unpaired) electrons. The van der Waals surface area contributed by atoms with Crippen LogP contribution in [0.1, 0.15) is 17.2 Å². The predicted octanol–water partition coefficient (Wildman–Crippen LogP) is 3.58. The van der Waals surface area contributed by atoms with Gasteiger partial charge in [0.1, 0.15) is 0 Å². The molecule has 0 bridgehead atoms. The number of benzene rings is 1. The number of amides is 1. The zero-order chi connectivity index (χ0) is 16.6. The maximum atomic E-state index is 12.1. The fourth-order valence-electron chi connectivity index (χ4n) is 2.39. The van der Waals surface area contributed by atoms with E-state index in [0.29, 0.717) is 12.3 Å². The number of rotatable bonds is 8. The molecule has 4 nitrogen and oxygen atoms in total. The molecule has 0 saturated carbocycles. The Balaban J connectivity index is 1.49. The second kappa shape index (κ2) is 8.70. The normalized spacial score (nSPS) is 12.0. The van der Waals surface area contributed by atoms with Crippen molar-refractivity contribution in [2.45, 2.75) is 11.8 Å². The Morgan fingerprint density at radius 2 is 2.12 bits per heavy atom. The van der Waals surface area contributed by atoms with Gasteiger partial charge in [-0.15, -0.1) is 11.8 Å². The summed E-state index contributed by atoms with van der Waals surface area (Å²) in [5.41, 5.74) is 2.41. The van der Waals surface area contributed by atoms with Gasteiger partial charge in [-0.1, -0.05) is 30.3 Å². The van der Waals surface area contributed by atoms with Crippen LogP contribution in [0.25, 0.3) is 0 Å². The Morgan fingerprint density at radius 3 is 2.83 bits per heavy atom. The highest BCUT2D eigenvalue weighted by Crippen LogP contribution is 2.19. The van der Waals surface area contributed by atoms with Gasteiger partial charge in [0.25, 0.3) is 0 Å². The molecule has 0 saturated heterocycles. The number of carbonyl (C=O) groups excluding carboxylic acids is 1. The largest absolute Gasteiger partial charge is 0.353 e. The minimum absolute atomic E-state index is 0.0364. The van der Waals surface area contributed by atoms with Crippen molar-refractivity contribution >= 4 is 29.0 Å². The van der Waals surface area contributed by atoms with Crippen LogP contribution in [-0.2, 0) is 10.5 Å². The number of thiophene rings is 1. The van der Waals surface area contributed by atoms with E-state index in [-0.39, 0.29) is 11.9 Å². The molecule has 0 fully saturated rings. The van der Waals surface area contributed by atoms with Gasteiger partial charge in [-0.25, -0.2) is 0 Å². The summed E-state index contributed by atoms with van der Waals surface area (Å²) in [6.45, 7) is 0.545. The first-order valence-electron chi connectivity index (χ1n) is 7.72. The third-order valence-electron chi connectivity index (χ3n) is 3.61. The fourth-order valence-corrected chi connectivity index (χ4v) is 3.92. The molecular weight excluding hydrogens is 338 g/mol. The third kappa shape index (κ3) is 4.72. The van der Waals surface area contributed by atoms with Crippen LogP contribution in [0.5, 0.6) is 0 Å². The maximum absolute atomic E-state index is 12.1. The van der Waals surface area contributed by atoms with Crippen molar-refractivity contribution in [2.75, 3.05) is 12.3 Å². The highest BCUT2D eigenvalue weighted by Gasteiger charge is 2.15. The molecule has 3 rings (SSSR count). The van der Waals surface area contributed by atoms with E-state index < -0.39 is 0 Å². The van der Waals surface area contributed by atoms with E-state index in [0.717, 1.165) is 5.75 Å². The average Bonchev–Trinajstić information content (AvgIpc) is 3.30. The van der Waals surface area contributed by atoms with Crippen LogP contribution in [0, 0.1) is 0 Å². The van der Waals surface area contributed by atoms with Gasteiger partial charge in [-0.05, 0) is 34.0 Å². The van der Waals surface area contributed by atoms with Crippen molar-refractivity contribution in [3.8, 4) is 0 Å². The van der Waals surface area contributed by atoms with Crippen molar-refractivity contribution in [3.05, 3.63) is 76.7 Å². The van der Waals surface area contributed by atoms with Crippen LogP contribution in [0.15, 0.2) is 65.6 Å². The van der Waals surface area contributed by atoms with Crippen molar-refractivity contribution in [1.29, 1.82) is 0 Å². The topological polar surface area (TPSA) is 46.9 Å². The molecule has 1 amide bonds. The first-order chi connectivity index (χ1) is 11.8. The lowest BCUT2D eigenvalue weighted by Crippen LogP contribution is -2.32. The van der Waals surface area contributed by atoms with Gasteiger partial charge < -0.3 is 5.32 Å². The quantitative estimate of drug-likeness (QED) is 0.670. The molecule has 0 spiro atoms. The number of thioether (sulfide) groups is 1. The highest BCUT2D eigenvalue weighted by molar-refractivity contribution is 7.99. The zero-order valence-corrected chi connectivity index (χ0v) is 14.8. The molecule has 1 aromatic carbocycles. The van der Waals surface area contributed by atoms with Crippen LogP contribution in [0.3, 0.4) is 0 Å². The molecule has 0 aliphatic rings. The lowest BCUT2D eigenvalue weighted by Gasteiger charge is -2.17. The molecule has 0 aliphatic carbocycles. The van der Waals surface area contributed by atoms with Gasteiger partial charge in [0.05, 0.1) is 11.8 Å². The molecule has 1 N–H and O–H groups in total. The Morgan fingerprint density at radius 1 is 1.25 bits per heavy atom. The zero-order valence-electron chi connectivity index (χ0n) is 13.2. The van der Waals surface area contributed by atoms with E-state index in [1.807, 2.05) is 40.5 Å². The lowest BCUT2D eigenvalue weighted by atomic mass is 10.1. The van der Waals surface area contributed by atoms with E-state index >= 15 is 0 Å². The third-order valence-corrected chi connectivity index (χ3v) is 5.31. The van der Waals surface area contributed by atoms with E-state index in [4.69, 9.17) is 0 Å². The number of nitrogens with one attached hydrogen (secondary N) is 1. The van der Waals surface area contributed by atoms with E-state index in [9.17, 15) is 4.79 Å². The van der Waals surface area contributed by atoms with Crippen LogP contribution >= 0.6 is 23.1 Å². The van der Waals surface area contributed by atoms with Crippen molar-refractivity contribution in [1.82, 2.24) is 15.1 Å². The fraction of sp³-hybridized carbons (Fsp3) is 0.222. The first kappa shape index (κ1) is 16.8. The number of aromatic nitrogens is 2. The molecule has 0 aliphatic heterocycles. The number of nitrogens with zero attached hydrogens (tertiary/aromatic N) is 2. The standard InChI is InChI=1S/C18H19N3OS2/c22-18(14-24-12-15-5-2-1-3-6-15)19-11-17(16-7-10-23-13-16)21-9-4-8-20-21/h1-10,13,17H,11-12,14H2,(H,19,22)/t17-/m0/s1. The molecule has 2 aromatic heterocycles. The molecule has 6 heteroatoms. The molecule has 124 valence electrons. The van der Waals surface area contributed by atoms with E-state index in [1.165, 1.54) is 11.1 Å². The predicted molar refractivity (Wildman–Crippen MR) is 100 cm³/mol. The first-order valence-corrected chi connectivity index (χ1v) is 9.82. The summed E-state index contributed by atoms with van der Waals surface area (Å²) in [6.07, 6.45) is 3.69. The summed E-state index contributed by atoms with van der Waals surface area (Å²) in [6, 6.07) is 14.2. The maximum Gasteiger partial charge on any atom is 0.230 e. The molecule has 3 aromatic rings. The average molecular weight is 358 g/mol. The SMILES string of the molecule is O=C(CSCc1ccccc1)NC[C@@H](c1ccsc1)n1cccn1. The number of carbonyl (C=O) groups is 1.